The molecule has 0 spiro atoms. The first-order valence-corrected chi connectivity index (χ1v) is 4.82. The van der Waals surface area contributed by atoms with E-state index in [2.05, 4.69) is 24.0 Å². The van der Waals surface area contributed by atoms with Crippen LogP contribution >= 0.6 is 11.6 Å². The van der Waals surface area contributed by atoms with E-state index in [4.69, 9.17) is 11.6 Å². The summed E-state index contributed by atoms with van der Waals surface area (Å²) in [6, 6.07) is 10.0. The summed E-state index contributed by atoms with van der Waals surface area (Å²) >= 11 is 6.07. The maximum atomic E-state index is 6.07. The predicted octanol–water partition coefficient (Wildman–Crippen LogP) is 3.71. The monoisotopic (exact) mass is 203 g/mol. The Morgan fingerprint density at radius 2 is 2.07 bits per heavy atom. The van der Waals surface area contributed by atoms with Crippen molar-refractivity contribution in [1.29, 1.82) is 0 Å². The van der Waals surface area contributed by atoms with E-state index in [0.29, 0.717) is 0 Å². The summed E-state index contributed by atoms with van der Waals surface area (Å²) in [5.74, 6) is 0. The molecule has 1 heterocycles. The molecule has 0 saturated carbocycles. The molecule has 1 nitrogen and oxygen atoms in total. The molecule has 0 atom stereocenters. The maximum Gasteiger partial charge on any atom is 0.0515 e. The van der Waals surface area contributed by atoms with Gasteiger partial charge in [-0.15, -0.1) is 0 Å². The minimum Gasteiger partial charge on any atom is -0.264 e. The van der Waals surface area contributed by atoms with Crippen molar-refractivity contribution in [3.63, 3.8) is 0 Å². The molecule has 0 bridgehead atoms. The van der Waals surface area contributed by atoms with Crippen molar-refractivity contribution in [3.8, 4) is 11.1 Å². The van der Waals surface area contributed by atoms with Gasteiger partial charge in [-0.05, 0) is 18.6 Å². The number of nitrogens with zero attached hydrogens (tertiary/aromatic N) is 1. The molecule has 70 valence electrons. The van der Waals surface area contributed by atoms with Crippen LogP contribution in [0.2, 0.25) is 5.02 Å². The van der Waals surface area contributed by atoms with Crippen molar-refractivity contribution in [2.75, 3.05) is 0 Å². The Kier molecular flexibility index (Phi) is 2.51. The molecule has 0 amide bonds. The first kappa shape index (κ1) is 9.22. The topological polar surface area (TPSA) is 12.9 Å². The van der Waals surface area contributed by atoms with Crippen LogP contribution in [0.15, 0.2) is 42.7 Å². The molecule has 14 heavy (non-hydrogen) atoms. The molecule has 0 N–H and O–H groups in total. The van der Waals surface area contributed by atoms with Crippen molar-refractivity contribution in [1.82, 2.24) is 4.98 Å². The van der Waals surface area contributed by atoms with Crippen molar-refractivity contribution in [2.24, 2.45) is 0 Å². The van der Waals surface area contributed by atoms with Gasteiger partial charge in [0.2, 0.25) is 0 Å². The fourth-order valence-electron chi connectivity index (χ4n) is 1.40. The van der Waals surface area contributed by atoms with Crippen LogP contribution in [0.1, 0.15) is 5.56 Å². The fourth-order valence-corrected chi connectivity index (χ4v) is 1.62. The number of aryl methyl sites for hydroxylation is 1. The number of hydrogen-bond donors (Lipinski definition) is 0. The van der Waals surface area contributed by atoms with Gasteiger partial charge in [-0.1, -0.05) is 41.4 Å². The quantitative estimate of drug-likeness (QED) is 0.689. The van der Waals surface area contributed by atoms with E-state index >= 15 is 0 Å². The SMILES string of the molecule is Cc1cccc(-c2cnccc2Cl)c1. The van der Waals surface area contributed by atoms with Crippen molar-refractivity contribution >= 4 is 11.6 Å². The lowest BCUT2D eigenvalue weighted by molar-refractivity contribution is 1.33. The molecule has 0 aliphatic rings. The van der Waals surface area contributed by atoms with Crippen LogP contribution in [0.5, 0.6) is 0 Å². The molecule has 1 aromatic heterocycles. The van der Waals surface area contributed by atoms with E-state index in [1.54, 1.807) is 18.5 Å². The van der Waals surface area contributed by atoms with E-state index in [1.165, 1.54) is 5.56 Å². The first-order valence-electron chi connectivity index (χ1n) is 4.44. The Hall–Kier alpha value is -1.34. The summed E-state index contributed by atoms with van der Waals surface area (Å²) < 4.78 is 0. The molecule has 2 heteroatoms. The van der Waals surface area contributed by atoms with Gasteiger partial charge in [0.25, 0.3) is 0 Å². The highest BCUT2D eigenvalue weighted by Crippen LogP contribution is 2.26. The van der Waals surface area contributed by atoms with Crippen molar-refractivity contribution in [3.05, 3.63) is 53.3 Å². The minimum absolute atomic E-state index is 0.741. The van der Waals surface area contributed by atoms with Gasteiger partial charge in [-0.25, -0.2) is 0 Å². The Morgan fingerprint density at radius 3 is 2.79 bits per heavy atom. The fraction of sp³-hybridized carbons (Fsp3) is 0.0833. The highest BCUT2D eigenvalue weighted by Gasteiger charge is 2.02. The van der Waals surface area contributed by atoms with E-state index in [0.717, 1.165) is 16.1 Å². The van der Waals surface area contributed by atoms with E-state index in [1.807, 2.05) is 12.1 Å². The second-order valence-corrected chi connectivity index (χ2v) is 3.63. The zero-order valence-electron chi connectivity index (χ0n) is 7.87. The van der Waals surface area contributed by atoms with E-state index in [9.17, 15) is 0 Å². The molecule has 2 rings (SSSR count). The summed E-state index contributed by atoms with van der Waals surface area (Å²) in [6.45, 7) is 2.06. The largest absolute Gasteiger partial charge is 0.264 e. The molecule has 0 radical (unpaired) electrons. The second kappa shape index (κ2) is 3.81. The van der Waals surface area contributed by atoms with Crippen LogP contribution in [-0.4, -0.2) is 4.98 Å². The lowest BCUT2D eigenvalue weighted by atomic mass is 10.1. The molecular weight excluding hydrogens is 194 g/mol. The zero-order chi connectivity index (χ0) is 9.97. The van der Waals surface area contributed by atoms with Crippen molar-refractivity contribution < 1.29 is 0 Å². The number of pyridine rings is 1. The van der Waals surface area contributed by atoms with Crippen molar-refractivity contribution in [2.45, 2.75) is 6.92 Å². The maximum absolute atomic E-state index is 6.07. The van der Waals surface area contributed by atoms with Gasteiger partial charge < -0.3 is 0 Å². The van der Waals surface area contributed by atoms with E-state index < -0.39 is 0 Å². The average Bonchev–Trinajstić information content (AvgIpc) is 2.18. The van der Waals surface area contributed by atoms with Gasteiger partial charge in [0.1, 0.15) is 0 Å². The minimum atomic E-state index is 0.741. The number of hydrogen-bond acceptors (Lipinski definition) is 1. The van der Waals surface area contributed by atoms with Gasteiger partial charge in [-0.2, -0.15) is 0 Å². The normalized spacial score (nSPS) is 10.1. The Morgan fingerprint density at radius 1 is 1.21 bits per heavy atom. The molecule has 2 aromatic rings. The number of benzene rings is 1. The molecule has 1 aromatic carbocycles. The Bertz CT molecular complexity index is 452. The molecule has 0 fully saturated rings. The van der Waals surface area contributed by atoms with Crippen LogP contribution in [0.4, 0.5) is 0 Å². The molecular formula is C12H10ClN. The van der Waals surface area contributed by atoms with Crippen LogP contribution < -0.4 is 0 Å². The highest BCUT2D eigenvalue weighted by molar-refractivity contribution is 6.33. The highest BCUT2D eigenvalue weighted by atomic mass is 35.5. The van der Waals surface area contributed by atoms with Crippen LogP contribution in [0.25, 0.3) is 11.1 Å². The van der Waals surface area contributed by atoms with Gasteiger partial charge in [-0.3, -0.25) is 4.98 Å². The number of rotatable bonds is 1. The average molecular weight is 204 g/mol. The third-order valence-corrected chi connectivity index (χ3v) is 2.43. The molecule has 0 unspecified atom stereocenters. The van der Waals surface area contributed by atoms with Gasteiger partial charge in [0.15, 0.2) is 0 Å². The smallest absolute Gasteiger partial charge is 0.0515 e. The van der Waals surface area contributed by atoms with Gasteiger partial charge in [0.05, 0.1) is 5.02 Å². The first-order chi connectivity index (χ1) is 6.77. The summed E-state index contributed by atoms with van der Waals surface area (Å²) in [7, 11) is 0. The predicted molar refractivity (Wildman–Crippen MR) is 59.4 cm³/mol. The summed E-state index contributed by atoms with van der Waals surface area (Å²) in [4.78, 5) is 4.07. The lowest BCUT2D eigenvalue weighted by Crippen LogP contribution is -1.82. The van der Waals surface area contributed by atoms with Crippen LogP contribution in [-0.2, 0) is 0 Å². The second-order valence-electron chi connectivity index (χ2n) is 3.23. The Labute approximate surface area is 88.4 Å². The summed E-state index contributed by atoms with van der Waals surface area (Å²) in [6.07, 6.45) is 3.48. The zero-order valence-corrected chi connectivity index (χ0v) is 8.62. The third kappa shape index (κ3) is 1.78. The third-order valence-electron chi connectivity index (χ3n) is 2.10. The van der Waals surface area contributed by atoms with Gasteiger partial charge in [0, 0.05) is 18.0 Å². The molecule has 0 aliphatic heterocycles. The van der Waals surface area contributed by atoms with Crippen LogP contribution in [0.3, 0.4) is 0 Å². The van der Waals surface area contributed by atoms with Gasteiger partial charge >= 0.3 is 0 Å². The number of aromatic nitrogens is 1. The standard InChI is InChI=1S/C12H10ClN/c1-9-3-2-4-10(7-9)11-8-14-6-5-12(11)13/h2-8H,1H3. The summed E-state index contributed by atoms with van der Waals surface area (Å²) in [5.41, 5.74) is 3.32. The van der Waals surface area contributed by atoms with E-state index in [-0.39, 0.29) is 0 Å². The van der Waals surface area contributed by atoms with Crippen LogP contribution in [0, 0.1) is 6.92 Å². The number of halogens is 1. The lowest BCUT2D eigenvalue weighted by Gasteiger charge is -2.03. The Balaban J connectivity index is 2.55. The summed E-state index contributed by atoms with van der Waals surface area (Å²) in [5, 5.41) is 0.741. The molecule has 0 saturated heterocycles. The molecule has 0 aliphatic carbocycles.